The molecule has 3 N–H and O–H groups in total. The standard InChI is InChI=1S/C11H13NO5/c1-7-2-3-8(10(14)15)6-9(7)12-11(16)17-5-4-13/h2-3,6,13H,4-5H2,1H3,(H,12,16)(H,14,15). The molecule has 92 valence electrons. The van der Waals surface area contributed by atoms with Crippen LogP contribution in [0.4, 0.5) is 10.5 Å². The number of nitrogens with one attached hydrogen (secondary N) is 1. The number of carboxylic acids is 1. The Kier molecular flexibility index (Phi) is 4.47. The van der Waals surface area contributed by atoms with Gasteiger partial charge < -0.3 is 14.9 Å². The zero-order chi connectivity index (χ0) is 12.8. The van der Waals surface area contributed by atoms with Crippen LogP contribution in [0.15, 0.2) is 18.2 Å². The van der Waals surface area contributed by atoms with E-state index in [4.69, 9.17) is 10.2 Å². The molecular formula is C11H13NO5. The van der Waals surface area contributed by atoms with Gasteiger partial charge in [0.2, 0.25) is 0 Å². The second-order valence-corrected chi connectivity index (χ2v) is 3.32. The van der Waals surface area contributed by atoms with E-state index in [2.05, 4.69) is 10.1 Å². The van der Waals surface area contributed by atoms with Gasteiger partial charge in [-0.1, -0.05) is 6.07 Å². The summed E-state index contributed by atoms with van der Waals surface area (Å²) in [5.74, 6) is -1.07. The number of ether oxygens (including phenoxy) is 1. The van der Waals surface area contributed by atoms with Crippen LogP contribution in [-0.2, 0) is 4.74 Å². The number of hydrogen-bond acceptors (Lipinski definition) is 4. The van der Waals surface area contributed by atoms with Crippen LogP contribution in [0.2, 0.25) is 0 Å². The van der Waals surface area contributed by atoms with Crippen LogP contribution in [0.5, 0.6) is 0 Å². The van der Waals surface area contributed by atoms with Crippen molar-refractivity contribution in [2.24, 2.45) is 0 Å². The molecule has 1 amide bonds. The van der Waals surface area contributed by atoms with E-state index in [0.717, 1.165) is 5.56 Å². The zero-order valence-corrected chi connectivity index (χ0v) is 9.27. The lowest BCUT2D eigenvalue weighted by Gasteiger charge is -2.09. The molecule has 1 rings (SSSR count). The summed E-state index contributed by atoms with van der Waals surface area (Å²) in [5.41, 5.74) is 1.16. The minimum atomic E-state index is -1.07. The van der Waals surface area contributed by atoms with Crippen molar-refractivity contribution in [1.29, 1.82) is 0 Å². The number of aryl methyl sites for hydroxylation is 1. The summed E-state index contributed by atoms with van der Waals surface area (Å²) >= 11 is 0. The van der Waals surface area contributed by atoms with Gasteiger partial charge in [0.25, 0.3) is 0 Å². The Labute approximate surface area is 97.8 Å². The second kappa shape index (κ2) is 5.86. The maximum absolute atomic E-state index is 11.2. The molecule has 0 atom stereocenters. The molecule has 0 saturated carbocycles. The van der Waals surface area contributed by atoms with Crippen LogP contribution in [0.1, 0.15) is 15.9 Å². The number of carbonyl (C=O) groups is 2. The molecule has 17 heavy (non-hydrogen) atoms. The van der Waals surface area contributed by atoms with E-state index < -0.39 is 12.1 Å². The van der Waals surface area contributed by atoms with Crippen molar-refractivity contribution in [3.05, 3.63) is 29.3 Å². The number of aromatic carboxylic acids is 1. The van der Waals surface area contributed by atoms with Gasteiger partial charge in [-0.15, -0.1) is 0 Å². The number of benzene rings is 1. The predicted octanol–water partition coefficient (Wildman–Crippen LogP) is 1.23. The molecule has 0 radical (unpaired) electrons. The lowest BCUT2D eigenvalue weighted by atomic mass is 10.1. The maximum atomic E-state index is 11.2. The Morgan fingerprint density at radius 2 is 2.12 bits per heavy atom. The highest BCUT2D eigenvalue weighted by Crippen LogP contribution is 2.17. The Bertz CT molecular complexity index is 430. The van der Waals surface area contributed by atoms with E-state index in [0.29, 0.717) is 5.69 Å². The van der Waals surface area contributed by atoms with E-state index in [9.17, 15) is 9.59 Å². The topological polar surface area (TPSA) is 95.9 Å². The number of amides is 1. The fraction of sp³-hybridized carbons (Fsp3) is 0.273. The van der Waals surface area contributed by atoms with Gasteiger partial charge in [0.15, 0.2) is 0 Å². The van der Waals surface area contributed by atoms with Gasteiger partial charge in [0, 0.05) is 5.69 Å². The number of aliphatic hydroxyl groups is 1. The highest BCUT2D eigenvalue weighted by atomic mass is 16.6. The van der Waals surface area contributed by atoms with Crippen molar-refractivity contribution in [1.82, 2.24) is 0 Å². The quantitative estimate of drug-likeness (QED) is 0.734. The van der Waals surface area contributed by atoms with Crippen LogP contribution in [0.3, 0.4) is 0 Å². The molecule has 1 aromatic rings. The van der Waals surface area contributed by atoms with E-state index >= 15 is 0 Å². The molecule has 0 aliphatic carbocycles. The lowest BCUT2D eigenvalue weighted by Crippen LogP contribution is -2.16. The van der Waals surface area contributed by atoms with Gasteiger partial charge in [-0.05, 0) is 24.6 Å². The monoisotopic (exact) mass is 239 g/mol. The number of hydrogen-bond donors (Lipinski definition) is 3. The van der Waals surface area contributed by atoms with E-state index in [1.165, 1.54) is 12.1 Å². The van der Waals surface area contributed by atoms with Gasteiger partial charge in [0.1, 0.15) is 6.61 Å². The third-order valence-electron chi connectivity index (χ3n) is 2.05. The Morgan fingerprint density at radius 1 is 1.41 bits per heavy atom. The minimum Gasteiger partial charge on any atom is -0.478 e. The van der Waals surface area contributed by atoms with Crippen molar-refractivity contribution >= 4 is 17.7 Å². The van der Waals surface area contributed by atoms with Crippen LogP contribution >= 0.6 is 0 Å². The van der Waals surface area contributed by atoms with Gasteiger partial charge in [-0.3, -0.25) is 5.32 Å². The molecule has 0 aliphatic heterocycles. The average Bonchev–Trinajstić information content (AvgIpc) is 2.29. The first-order valence-corrected chi connectivity index (χ1v) is 4.93. The summed E-state index contributed by atoms with van der Waals surface area (Å²) in [5, 5.41) is 19.7. The zero-order valence-electron chi connectivity index (χ0n) is 9.27. The Morgan fingerprint density at radius 3 is 2.71 bits per heavy atom. The lowest BCUT2D eigenvalue weighted by molar-refractivity contribution is 0.0697. The van der Waals surface area contributed by atoms with Crippen molar-refractivity contribution in [3.8, 4) is 0 Å². The molecule has 0 spiro atoms. The summed E-state index contributed by atoms with van der Waals surface area (Å²) in [6.07, 6.45) is -0.732. The highest BCUT2D eigenvalue weighted by Gasteiger charge is 2.09. The van der Waals surface area contributed by atoms with Crippen LogP contribution in [0, 0.1) is 6.92 Å². The smallest absolute Gasteiger partial charge is 0.411 e. The second-order valence-electron chi connectivity index (χ2n) is 3.32. The summed E-state index contributed by atoms with van der Waals surface area (Å²) in [6.45, 7) is 1.36. The number of carboxylic acid groups (broad SMARTS) is 1. The van der Waals surface area contributed by atoms with Crippen molar-refractivity contribution < 1.29 is 24.5 Å². The minimum absolute atomic E-state index is 0.0769. The van der Waals surface area contributed by atoms with Gasteiger partial charge in [0.05, 0.1) is 12.2 Å². The Balaban J connectivity index is 2.79. The van der Waals surface area contributed by atoms with E-state index in [1.54, 1.807) is 13.0 Å². The molecule has 0 heterocycles. The van der Waals surface area contributed by atoms with Gasteiger partial charge >= 0.3 is 12.1 Å². The summed E-state index contributed by atoms with van der Waals surface area (Å²) in [7, 11) is 0. The fourth-order valence-corrected chi connectivity index (χ4v) is 1.17. The molecule has 0 aliphatic rings. The highest BCUT2D eigenvalue weighted by molar-refractivity contribution is 5.92. The summed E-state index contributed by atoms with van der Waals surface area (Å²) in [6, 6.07) is 4.38. The van der Waals surface area contributed by atoms with Crippen molar-refractivity contribution in [2.45, 2.75) is 6.92 Å². The fourth-order valence-electron chi connectivity index (χ4n) is 1.17. The normalized spacial score (nSPS) is 9.76. The molecule has 0 unspecified atom stereocenters. The first-order chi connectivity index (χ1) is 8.04. The number of anilines is 1. The predicted molar refractivity (Wildman–Crippen MR) is 60.2 cm³/mol. The molecular weight excluding hydrogens is 226 g/mol. The molecule has 0 aromatic heterocycles. The third-order valence-corrected chi connectivity index (χ3v) is 2.05. The first-order valence-electron chi connectivity index (χ1n) is 4.93. The molecule has 6 heteroatoms. The van der Waals surface area contributed by atoms with Crippen LogP contribution in [-0.4, -0.2) is 35.5 Å². The first kappa shape index (κ1) is 13.0. The number of carbonyl (C=O) groups excluding carboxylic acids is 1. The largest absolute Gasteiger partial charge is 0.478 e. The molecule has 6 nitrogen and oxygen atoms in total. The Hall–Kier alpha value is -2.08. The van der Waals surface area contributed by atoms with Crippen molar-refractivity contribution in [2.75, 3.05) is 18.5 Å². The van der Waals surface area contributed by atoms with Crippen LogP contribution in [0.25, 0.3) is 0 Å². The molecule has 0 saturated heterocycles. The maximum Gasteiger partial charge on any atom is 0.411 e. The van der Waals surface area contributed by atoms with Gasteiger partial charge in [-0.2, -0.15) is 0 Å². The molecule has 1 aromatic carbocycles. The SMILES string of the molecule is Cc1ccc(C(=O)O)cc1NC(=O)OCCO. The molecule has 0 bridgehead atoms. The molecule has 0 fully saturated rings. The van der Waals surface area contributed by atoms with E-state index in [1.807, 2.05) is 0 Å². The van der Waals surface area contributed by atoms with E-state index in [-0.39, 0.29) is 18.8 Å². The summed E-state index contributed by atoms with van der Waals surface area (Å²) in [4.78, 5) is 22.0. The van der Waals surface area contributed by atoms with Gasteiger partial charge in [-0.25, -0.2) is 9.59 Å². The average molecular weight is 239 g/mol. The summed E-state index contributed by atoms with van der Waals surface area (Å²) < 4.78 is 4.60. The number of rotatable bonds is 4. The van der Waals surface area contributed by atoms with Crippen LogP contribution < -0.4 is 5.32 Å². The third kappa shape index (κ3) is 3.76. The number of aliphatic hydroxyl groups excluding tert-OH is 1. The van der Waals surface area contributed by atoms with Crippen molar-refractivity contribution in [3.63, 3.8) is 0 Å².